The molecule has 2 aliphatic heterocycles. The van der Waals surface area contributed by atoms with Crippen LogP contribution in [-0.4, -0.2) is 53.6 Å². The Hall–Kier alpha value is -1.69. The Kier molecular flexibility index (Phi) is 4.51. The Morgan fingerprint density at radius 3 is 2.25 bits per heavy atom. The molecule has 0 N–H and O–H groups in total. The lowest BCUT2D eigenvalue weighted by molar-refractivity contribution is -0.00762. The molecule has 0 saturated carbocycles. The zero-order valence-electron chi connectivity index (χ0n) is 14.3. The number of amides is 2. The summed E-state index contributed by atoms with van der Waals surface area (Å²) in [5, 5.41) is 0.423. The first-order valence-corrected chi connectivity index (χ1v) is 8.60. The lowest BCUT2D eigenvalue weighted by Gasteiger charge is -2.45. The van der Waals surface area contributed by atoms with Crippen LogP contribution in [0.25, 0.3) is 0 Å². The summed E-state index contributed by atoms with van der Waals surface area (Å²) in [5.41, 5.74) is -0.496. The second-order valence-electron chi connectivity index (χ2n) is 7.69. The van der Waals surface area contributed by atoms with Crippen molar-refractivity contribution in [2.24, 2.45) is 11.8 Å². The molecule has 7 heteroatoms. The summed E-state index contributed by atoms with van der Waals surface area (Å²) < 4.78 is 10.7. The molecule has 3 rings (SSSR count). The first-order valence-electron chi connectivity index (χ1n) is 8.22. The van der Waals surface area contributed by atoms with Crippen molar-refractivity contribution < 1.29 is 18.7 Å². The fraction of sp³-hybridized carbons (Fsp3) is 0.647. The van der Waals surface area contributed by atoms with E-state index < -0.39 is 5.60 Å². The van der Waals surface area contributed by atoms with Crippen LogP contribution in [-0.2, 0) is 4.74 Å². The number of carbonyl (C=O) groups excluding carboxylic acids is 2. The number of nitrogens with zero attached hydrogens (tertiary/aromatic N) is 2. The van der Waals surface area contributed by atoms with E-state index in [2.05, 4.69) is 0 Å². The van der Waals surface area contributed by atoms with Crippen molar-refractivity contribution in [3.63, 3.8) is 0 Å². The molecule has 2 fully saturated rings. The number of likely N-dealkylation sites (tertiary alicyclic amines) is 2. The van der Waals surface area contributed by atoms with E-state index in [4.69, 9.17) is 20.8 Å². The van der Waals surface area contributed by atoms with Crippen LogP contribution in [0.1, 0.15) is 37.7 Å². The van der Waals surface area contributed by atoms with Gasteiger partial charge in [-0.25, -0.2) is 4.79 Å². The van der Waals surface area contributed by atoms with Gasteiger partial charge in [0.1, 0.15) is 11.9 Å². The van der Waals surface area contributed by atoms with Crippen LogP contribution in [0.2, 0.25) is 5.02 Å². The van der Waals surface area contributed by atoms with Gasteiger partial charge in [0, 0.05) is 32.2 Å². The molecule has 0 aliphatic carbocycles. The predicted octanol–water partition coefficient (Wildman–Crippen LogP) is 3.26. The van der Waals surface area contributed by atoms with E-state index in [-0.39, 0.29) is 29.6 Å². The number of halogens is 1. The summed E-state index contributed by atoms with van der Waals surface area (Å²) in [6.07, 6.45) is 2.13. The van der Waals surface area contributed by atoms with Crippen molar-refractivity contribution in [3.8, 4) is 0 Å². The third-order valence-electron chi connectivity index (χ3n) is 4.30. The minimum absolute atomic E-state index is 0.137. The average molecular weight is 355 g/mol. The number of hydrogen-bond acceptors (Lipinski definition) is 4. The van der Waals surface area contributed by atoms with E-state index in [1.54, 1.807) is 15.9 Å². The second-order valence-corrected chi connectivity index (χ2v) is 8.13. The summed E-state index contributed by atoms with van der Waals surface area (Å²) in [6.45, 7) is 8.07. The maximum absolute atomic E-state index is 12.5. The molecule has 2 saturated heterocycles. The van der Waals surface area contributed by atoms with Gasteiger partial charge in [-0.15, -0.1) is 0 Å². The molecule has 2 aliphatic rings. The van der Waals surface area contributed by atoms with E-state index in [9.17, 15) is 9.59 Å². The molecule has 1 aromatic rings. The minimum Gasteiger partial charge on any atom is -0.458 e. The number of rotatable bonds is 1. The zero-order chi connectivity index (χ0) is 17.5. The van der Waals surface area contributed by atoms with Crippen molar-refractivity contribution in [1.82, 2.24) is 9.80 Å². The fourth-order valence-electron chi connectivity index (χ4n) is 3.50. The van der Waals surface area contributed by atoms with Gasteiger partial charge in [0.2, 0.25) is 0 Å². The van der Waals surface area contributed by atoms with Gasteiger partial charge in [-0.3, -0.25) is 4.79 Å². The van der Waals surface area contributed by atoms with Crippen LogP contribution in [0.15, 0.2) is 16.7 Å². The van der Waals surface area contributed by atoms with Crippen molar-refractivity contribution in [2.45, 2.75) is 32.8 Å². The Morgan fingerprint density at radius 1 is 1.17 bits per heavy atom. The van der Waals surface area contributed by atoms with Crippen molar-refractivity contribution in [3.05, 3.63) is 23.1 Å². The molecule has 1 aromatic heterocycles. The highest BCUT2D eigenvalue weighted by atomic mass is 35.5. The predicted molar refractivity (Wildman–Crippen MR) is 89.0 cm³/mol. The highest BCUT2D eigenvalue weighted by Gasteiger charge is 2.39. The highest BCUT2D eigenvalue weighted by Crippen LogP contribution is 2.30. The first-order chi connectivity index (χ1) is 11.2. The third kappa shape index (κ3) is 3.86. The topological polar surface area (TPSA) is 63.0 Å². The maximum atomic E-state index is 12.5. The Balaban J connectivity index is 1.63. The average Bonchev–Trinajstić information content (AvgIpc) is 2.90. The summed E-state index contributed by atoms with van der Waals surface area (Å²) in [6, 6.07) is 1.54. The van der Waals surface area contributed by atoms with Gasteiger partial charge in [0.15, 0.2) is 5.76 Å². The zero-order valence-corrected chi connectivity index (χ0v) is 15.0. The third-order valence-corrected chi connectivity index (χ3v) is 4.50. The highest BCUT2D eigenvalue weighted by molar-refractivity contribution is 6.30. The standard InChI is InChI=1S/C17H23ClN2O4/c1-17(2,3)24-16(22)20-8-11-4-12(9-20)7-19(6-11)15(21)14-5-13(18)10-23-14/h5,10-12H,4,6-9H2,1-3H3/t11-,12+. The Morgan fingerprint density at radius 2 is 1.75 bits per heavy atom. The molecule has 3 heterocycles. The molecule has 0 radical (unpaired) electrons. The number of carbonyl (C=O) groups is 2. The van der Waals surface area contributed by atoms with E-state index in [1.807, 2.05) is 20.8 Å². The van der Waals surface area contributed by atoms with Crippen LogP contribution in [0.5, 0.6) is 0 Å². The smallest absolute Gasteiger partial charge is 0.410 e. The maximum Gasteiger partial charge on any atom is 0.410 e. The van der Waals surface area contributed by atoms with Crippen molar-refractivity contribution in [1.29, 1.82) is 0 Å². The number of piperidine rings is 2. The van der Waals surface area contributed by atoms with Gasteiger partial charge in [-0.05, 0) is 39.0 Å². The SMILES string of the molecule is CC(C)(C)OC(=O)N1C[C@H]2C[C@@H](C1)CN(C(=O)c1cc(Cl)co1)C2. The van der Waals surface area contributed by atoms with Crippen LogP contribution < -0.4 is 0 Å². The van der Waals surface area contributed by atoms with Crippen molar-refractivity contribution >= 4 is 23.6 Å². The van der Waals surface area contributed by atoms with E-state index in [1.165, 1.54) is 6.26 Å². The number of hydrogen-bond donors (Lipinski definition) is 0. The molecular formula is C17H23ClN2O4. The van der Waals surface area contributed by atoms with Gasteiger partial charge in [-0.2, -0.15) is 0 Å². The van der Waals surface area contributed by atoms with Crippen LogP contribution in [0.4, 0.5) is 4.79 Å². The van der Waals surface area contributed by atoms with Gasteiger partial charge in [0.25, 0.3) is 5.91 Å². The minimum atomic E-state index is -0.496. The molecule has 0 spiro atoms. The summed E-state index contributed by atoms with van der Waals surface area (Å²) in [5.74, 6) is 0.657. The molecule has 2 amide bonds. The molecule has 0 aromatic carbocycles. The summed E-state index contributed by atoms with van der Waals surface area (Å²) >= 11 is 5.82. The molecule has 0 unspecified atom stereocenters. The normalized spacial score (nSPS) is 24.0. The van der Waals surface area contributed by atoms with Gasteiger partial charge in [-0.1, -0.05) is 11.6 Å². The molecule has 24 heavy (non-hydrogen) atoms. The number of furan rings is 1. The molecule has 2 bridgehead atoms. The lowest BCUT2D eigenvalue weighted by atomic mass is 9.84. The lowest BCUT2D eigenvalue weighted by Crippen LogP contribution is -2.55. The molecular weight excluding hydrogens is 332 g/mol. The van der Waals surface area contributed by atoms with Crippen LogP contribution >= 0.6 is 11.6 Å². The van der Waals surface area contributed by atoms with E-state index in [0.29, 0.717) is 31.2 Å². The van der Waals surface area contributed by atoms with Crippen molar-refractivity contribution in [2.75, 3.05) is 26.2 Å². The Bertz CT molecular complexity index is 623. The van der Waals surface area contributed by atoms with Gasteiger partial charge >= 0.3 is 6.09 Å². The molecule has 132 valence electrons. The number of fused-ring (bicyclic) bond motifs is 2. The summed E-state index contributed by atoms with van der Waals surface area (Å²) in [4.78, 5) is 28.4. The van der Waals surface area contributed by atoms with E-state index >= 15 is 0 Å². The quantitative estimate of drug-likeness (QED) is 0.776. The first kappa shape index (κ1) is 17.1. The number of ether oxygens (including phenoxy) is 1. The Labute approximate surface area is 146 Å². The summed E-state index contributed by atoms with van der Waals surface area (Å²) in [7, 11) is 0. The second kappa shape index (κ2) is 6.31. The molecule has 2 atom stereocenters. The fourth-order valence-corrected chi connectivity index (χ4v) is 3.65. The van der Waals surface area contributed by atoms with Crippen LogP contribution in [0.3, 0.4) is 0 Å². The van der Waals surface area contributed by atoms with Gasteiger partial charge in [0.05, 0.1) is 5.02 Å². The monoisotopic (exact) mass is 354 g/mol. The van der Waals surface area contributed by atoms with Crippen LogP contribution in [0, 0.1) is 11.8 Å². The molecule has 6 nitrogen and oxygen atoms in total. The van der Waals surface area contributed by atoms with Gasteiger partial charge < -0.3 is 19.0 Å². The largest absolute Gasteiger partial charge is 0.458 e. The van der Waals surface area contributed by atoms with E-state index in [0.717, 1.165) is 6.42 Å².